The SMILES string of the molecule is CN(Cc1ccccc1)S(=O)(=O)NCC1(O)CCC1. The van der Waals surface area contributed by atoms with Crippen molar-refractivity contribution in [3.05, 3.63) is 35.9 Å². The summed E-state index contributed by atoms with van der Waals surface area (Å²) in [4.78, 5) is 0. The monoisotopic (exact) mass is 284 g/mol. The van der Waals surface area contributed by atoms with Crippen LogP contribution in [-0.2, 0) is 16.8 Å². The first kappa shape index (κ1) is 14.5. The van der Waals surface area contributed by atoms with Crippen LogP contribution in [0.25, 0.3) is 0 Å². The molecule has 1 aromatic carbocycles. The molecule has 6 heteroatoms. The third-order valence-corrected chi connectivity index (χ3v) is 4.99. The molecule has 0 atom stereocenters. The summed E-state index contributed by atoms with van der Waals surface area (Å²) in [5, 5.41) is 9.90. The normalized spacial score (nSPS) is 18.3. The molecule has 0 spiro atoms. The summed E-state index contributed by atoms with van der Waals surface area (Å²) in [5.41, 5.74) is 0.0819. The van der Waals surface area contributed by atoms with Crippen molar-refractivity contribution >= 4 is 10.2 Å². The minimum absolute atomic E-state index is 0.0917. The highest BCUT2D eigenvalue weighted by Crippen LogP contribution is 2.30. The Bertz CT molecular complexity index is 512. The van der Waals surface area contributed by atoms with Gasteiger partial charge in [0.25, 0.3) is 10.2 Å². The second-order valence-electron chi connectivity index (χ2n) is 5.15. The Labute approximate surface area is 114 Å². The average molecular weight is 284 g/mol. The van der Waals surface area contributed by atoms with E-state index in [0.29, 0.717) is 19.4 Å². The van der Waals surface area contributed by atoms with Crippen LogP contribution in [0.4, 0.5) is 0 Å². The largest absolute Gasteiger partial charge is 0.389 e. The van der Waals surface area contributed by atoms with Gasteiger partial charge >= 0.3 is 0 Å². The molecule has 1 aromatic rings. The molecule has 5 nitrogen and oxygen atoms in total. The Morgan fingerprint density at radius 2 is 1.95 bits per heavy atom. The van der Waals surface area contributed by atoms with E-state index in [1.54, 1.807) is 0 Å². The number of hydrogen-bond donors (Lipinski definition) is 2. The van der Waals surface area contributed by atoms with Crippen molar-refractivity contribution < 1.29 is 13.5 Å². The Kier molecular flexibility index (Phi) is 4.25. The minimum atomic E-state index is -3.54. The van der Waals surface area contributed by atoms with Gasteiger partial charge in [0.05, 0.1) is 5.60 Å². The van der Waals surface area contributed by atoms with Crippen LogP contribution in [0.5, 0.6) is 0 Å². The van der Waals surface area contributed by atoms with E-state index in [9.17, 15) is 13.5 Å². The van der Waals surface area contributed by atoms with Crippen LogP contribution in [0.3, 0.4) is 0 Å². The van der Waals surface area contributed by atoms with E-state index in [-0.39, 0.29) is 6.54 Å². The topological polar surface area (TPSA) is 69.6 Å². The maximum atomic E-state index is 12.0. The molecule has 1 saturated carbocycles. The van der Waals surface area contributed by atoms with Gasteiger partial charge in [-0.15, -0.1) is 0 Å². The van der Waals surface area contributed by atoms with E-state index in [0.717, 1.165) is 12.0 Å². The fourth-order valence-electron chi connectivity index (χ4n) is 2.02. The summed E-state index contributed by atoms with van der Waals surface area (Å²) in [6.45, 7) is 0.406. The Morgan fingerprint density at radius 1 is 1.32 bits per heavy atom. The van der Waals surface area contributed by atoms with E-state index < -0.39 is 15.8 Å². The van der Waals surface area contributed by atoms with Crippen molar-refractivity contribution in [2.24, 2.45) is 0 Å². The average Bonchev–Trinajstić information content (AvgIpc) is 2.35. The van der Waals surface area contributed by atoms with Crippen LogP contribution in [-0.4, -0.2) is 37.0 Å². The van der Waals surface area contributed by atoms with Gasteiger partial charge in [-0.05, 0) is 24.8 Å². The molecule has 0 aliphatic heterocycles. The first-order chi connectivity index (χ1) is 8.91. The summed E-state index contributed by atoms with van der Waals surface area (Å²) in [7, 11) is -2.02. The second-order valence-corrected chi connectivity index (χ2v) is 7.01. The van der Waals surface area contributed by atoms with Crippen LogP contribution in [0, 0.1) is 0 Å². The van der Waals surface area contributed by atoms with Crippen LogP contribution >= 0.6 is 0 Å². The summed E-state index contributed by atoms with van der Waals surface area (Å²) in [5.74, 6) is 0. The molecule has 0 saturated heterocycles. The predicted octanol–water partition coefficient (Wildman–Crippen LogP) is 0.868. The molecule has 0 heterocycles. The lowest BCUT2D eigenvalue weighted by Gasteiger charge is -2.36. The summed E-state index contributed by atoms with van der Waals surface area (Å²) >= 11 is 0. The van der Waals surface area contributed by atoms with Crippen molar-refractivity contribution in [1.29, 1.82) is 0 Å². The van der Waals surface area contributed by atoms with Crippen molar-refractivity contribution in [2.75, 3.05) is 13.6 Å². The Balaban J connectivity index is 1.91. The summed E-state index contributed by atoms with van der Waals surface area (Å²) < 4.78 is 27.8. The van der Waals surface area contributed by atoms with E-state index in [1.807, 2.05) is 30.3 Å². The van der Waals surface area contributed by atoms with Gasteiger partial charge in [0.2, 0.25) is 0 Å². The van der Waals surface area contributed by atoms with Crippen LogP contribution < -0.4 is 4.72 Å². The number of rotatable bonds is 6. The number of hydrogen-bond acceptors (Lipinski definition) is 3. The molecule has 1 aliphatic rings. The highest BCUT2D eigenvalue weighted by Gasteiger charge is 2.35. The first-order valence-corrected chi connectivity index (χ1v) is 7.83. The van der Waals surface area contributed by atoms with Crippen molar-refractivity contribution in [1.82, 2.24) is 9.03 Å². The van der Waals surface area contributed by atoms with Gasteiger partial charge in [-0.25, -0.2) is 0 Å². The van der Waals surface area contributed by atoms with Crippen molar-refractivity contribution in [2.45, 2.75) is 31.4 Å². The summed E-state index contributed by atoms with van der Waals surface area (Å²) in [6.07, 6.45) is 2.29. The predicted molar refractivity (Wildman–Crippen MR) is 73.6 cm³/mol. The zero-order valence-electron chi connectivity index (χ0n) is 11.0. The maximum Gasteiger partial charge on any atom is 0.279 e. The smallest absolute Gasteiger partial charge is 0.279 e. The molecule has 0 aromatic heterocycles. The number of nitrogens with zero attached hydrogens (tertiary/aromatic N) is 1. The molecule has 0 radical (unpaired) electrons. The Morgan fingerprint density at radius 3 is 2.47 bits per heavy atom. The van der Waals surface area contributed by atoms with Crippen LogP contribution in [0.2, 0.25) is 0 Å². The number of benzene rings is 1. The molecule has 0 unspecified atom stereocenters. The fraction of sp³-hybridized carbons (Fsp3) is 0.538. The second kappa shape index (κ2) is 5.58. The van der Waals surface area contributed by atoms with E-state index in [1.165, 1.54) is 11.4 Å². The zero-order chi connectivity index (χ0) is 13.9. The van der Waals surface area contributed by atoms with Gasteiger partial charge in [-0.1, -0.05) is 30.3 Å². The molecule has 0 amide bonds. The maximum absolute atomic E-state index is 12.0. The standard InChI is InChI=1S/C13H20N2O3S/c1-15(10-12-6-3-2-4-7-12)19(17,18)14-11-13(16)8-5-9-13/h2-4,6-7,14,16H,5,8-11H2,1H3. The first-order valence-electron chi connectivity index (χ1n) is 6.39. The summed E-state index contributed by atoms with van der Waals surface area (Å²) in [6, 6.07) is 9.40. The van der Waals surface area contributed by atoms with Gasteiger partial charge in [0, 0.05) is 20.1 Å². The highest BCUT2D eigenvalue weighted by atomic mass is 32.2. The highest BCUT2D eigenvalue weighted by molar-refractivity contribution is 7.87. The Hall–Kier alpha value is -0.950. The third-order valence-electron chi connectivity index (χ3n) is 3.53. The molecule has 2 N–H and O–H groups in total. The molecule has 0 bridgehead atoms. The minimum Gasteiger partial charge on any atom is -0.389 e. The quantitative estimate of drug-likeness (QED) is 0.814. The van der Waals surface area contributed by atoms with E-state index in [2.05, 4.69) is 4.72 Å². The molecule has 1 fully saturated rings. The van der Waals surface area contributed by atoms with Gasteiger partial charge in [-0.2, -0.15) is 17.4 Å². The molecule has 19 heavy (non-hydrogen) atoms. The molecule has 2 rings (SSSR count). The number of aliphatic hydroxyl groups is 1. The lowest BCUT2D eigenvalue weighted by molar-refractivity contribution is -0.0273. The van der Waals surface area contributed by atoms with E-state index in [4.69, 9.17) is 0 Å². The molecule has 106 valence electrons. The van der Waals surface area contributed by atoms with Gasteiger partial charge in [0.1, 0.15) is 0 Å². The van der Waals surface area contributed by atoms with Crippen molar-refractivity contribution in [3.63, 3.8) is 0 Å². The lowest BCUT2D eigenvalue weighted by atomic mass is 9.81. The van der Waals surface area contributed by atoms with Gasteiger partial charge in [-0.3, -0.25) is 0 Å². The molecular formula is C13H20N2O3S. The van der Waals surface area contributed by atoms with Gasteiger partial charge < -0.3 is 5.11 Å². The zero-order valence-corrected chi connectivity index (χ0v) is 11.9. The third kappa shape index (κ3) is 3.76. The lowest BCUT2D eigenvalue weighted by Crippen LogP contribution is -2.50. The van der Waals surface area contributed by atoms with Gasteiger partial charge in [0.15, 0.2) is 0 Å². The van der Waals surface area contributed by atoms with E-state index >= 15 is 0 Å². The molecular weight excluding hydrogens is 264 g/mol. The number of nitrogens with one attached hydrogen (secondary N) is 1. The fourth-order valence-corrected chi connectivity index (χ4v) is 3.01. The molecule has 1 aliphatic carbocycles. The van der Waals surface area contributed by atoms with Crippen LogP contribution in [0.15, 0.2) is 30.3 Å². The van der Waals surface area contributed by atoms with Crippen molar-refractivity contribution in [3.8, 4) is 0 Å². The van der Waals surface area contributed by atoms with Crippen LogP contribution in [0.1, 0.15) is 24.8 Å².